The van der Waals surface area contributed by atoms with Crippen LogP contribution in [0, 0.1) is 17.2 Å². The fourth-order valence-corrected chi connectivity index (χ4v) is 1.61. The third kappa shape index (κ3) is 2.71. The second-order valence-corrected chi connectivity index (χ2v) is 3.74. The molecule has 1 saturated heterocycles. The molecule has 1 heterocycles. The van der Waals surface area contributed by atoms with Crippen LogP contribution >= 0.6 is 0 Å². The highest BCUT2D eigenvalue weighted by atomic mass is 16.5. The molecule has 0 aromatic rings. The Kier molecular flexibility index (Phi) is 3.90. The lowest BCUT2D eigenvalue weighted by atomic mass is 10.0. The van der Waals surface area contributed by atoms with Crippen LogP contribution in [0.2, 0.25) is 0 Å². The van der Waals surface area contributed by atoms with E-state index in [4.69, 9.17) is 10.00 Å². The molecule has 4 nitrogen and oxygen atoms in total. The van der Waals surface area contributed by atoms with E-state index < -0.39 is 0 Å². The van der Waals surface area contributed by atoms with Gasteiger partial charge in [-0.3, -0.25) is 4.79 Å². The van der Waals surface area contributed by atoms with Gasteiger partial charge in [0.1, 0.15) is 0 Å². The van der Waals surface area contributed by atoms with Gasteiger partial charge in [-0.1, -0.05) is 0 Å². The fourth-order valence-electron chi connectivity index (χ4n) is 1.61. The van der Waals surface area contributed by atoms with E-state index in [1.807, 2.05) is 19.9 Å². The van der Waals surface area contributed by atoms with Crippen LogP contribution in [0.25, 0.3) is 0 Å². The van der Waals surface area contributed by atoms with Crippen LogP contribution in [0.5, 0.6) is 0 Å². The van der Waals surface area contributed by atoms with Crippen LogP contribution in [0.4, 0.5) is 0 Å². The van der Waals surface area contributed by atoms with Crippen LogP contribution < -0.4 is 5.32 Å². The Bertz CT molecular complexity index is 247. The van der Waals surface area contributed by atoms with Gasteiger partial charge in [0, 0.05) is 12.6 Å². The van der Waals surface area contributed by atoms with E-state index in [1.165, 1.54) is 0 Å². The summed E-state index contributed by atoms with van der Waals surface area (Å²) in [5.74, 6) is -0.0334. The number of nitrogens with one attached hydrogen (secondary N) is 1. The van der Waals surface area contributed by atoms with Crippen molar-refractivity contribution in [1.29, 1.82) is 5.26 Å². The van der Waals surface area contributed by atoms with Crippen LogP contribution in [-0.2, 0) is 9.53 Å². The Morgan fingerprint density at radius 3 is 3.00 bits per heavy atom. The number of hydrogen-bond acceptors (Lipinski definition) is 3. The monoisotopic (exact) mass is 196 g/mol. The molecule has 0 aliphatic carbocycles. The van der Waals surface area contributed by atoms with Crippen molar-refractivity contribution in [3.05, 3.63) is 0 Å². The molecule has 1 aliphatic heterocycles. The Labute approximate surface area is 84.2 Å². The summed E-state index contributed by atoms with van der Waals surface area (Å²) in [6.07, 6.45) is 1.14. The van der Waals surface area contributed by atoms with Gasteiger partial charge in [-0.2, -0.15) is 5.26 Å². The molecule has 0 bridgehead atoms. The number of carbonyl (C=O) groups is 1. The smallest absolute Gasteiger partial charge is 0.226 e. The molecule has 0 spiro atoms. The second kappa shape index (κ2) is 4.97. The summed E-state index contributed by atoms with van der Waals surface area (Å²) in [6.45, 7) is 4.40. The Hall–Kier alpha value is -1.08. The summed E-state index contributed by atoms with van der Waals surface area (Å²) in [7, 11) is 0. The first kappa shape index (κ1) is 11.0. The molecule has 0 aromatic heterocycles. The maximum Gasteiger partial charge on any atom is 0.226 e. The SMILES string of the molecule is CC(CC#N)NC(=O)C1CCOC1C. The molecule has 1 fully saturated rings. The van der Waals surface area contributed by atoms with E-state index in [2.05, 4.69) is 5.32 Å². The lowest BCUT2D eigenvalue weighted by Gasteiger charge is -2.16. The van der Waals surface area contributed by atoms with Crippen molar-refractivity contribution in [3.63, 3.8) is 0 Å². The predicted octanol–water partition coefficient (Wildman–Crippen LogP) is 0.830. The van der Waals surface area contributed by atoms with Gasteiger partial charge in [-0.15, -0.1) is 0 Å². The van der Waals surface area contributed by atoms with Gasteiger partial charge in [0.25, 0.3) is 0 Å². The van der Waals surface area contributed by atoms with Gasteiger partial charge in [0.05, 0.1) is 24.5 Å². The fraction of sp³-hybridized carbons (Fsp3) is 0.800. The molecule has 0 aromatic carbocycles. The summed E-state index contributed by atoms with van der Waals surface area (Å²) in [6, 6.07) is 1.96. The number of hydrogen-bond donors (Lipinski definition) is 1. The molecule has 14 heavy (non-hydrogen) atoms. The Morgan fingerprint density at radius 1 is 1.79 bits per heavy atom. The van der Waals surface area contributed by atoms with Crippen molar-refractivity contribution >= 4 is 5.91 Å². The average molecular weight is 196 g/mol. The van der Waals surface area contributed by atoms with Crippen molar-refractivity contribution < 1.29 is 9.53 Å². The standard InChI is InChI=1S/C10H16N2O2/c1-7(3-5-11)12-10(13)9-4-6-14-8(9)2/h7-9H,3-4,6H2,1-2H3,(H,12,13). The first-order chi connectivity index (χ1) is 6.65. The summed E-state index contributed by atoms with van der Waals surface area (Å²) >= 11 is 0. The first-order valence-electron chi connectivity index (χ1n) is 4.94. The number of rotatable bonds is 3. The van der Waals surface area contributed by atoms with E-state index in [-0.39, 0.29) is 24.0 Å². The molecule has 1 N–H and O–H groups in total. The molecule has 1 amide bonds. The van der Waals surface area contributed by atoms with Gasteiger partial charge in [0.15, 0.2) is 0 Å². The number of amides is 1. The molecular formula is C10H16N2O2. The van der Waals surface area contributed by atoms with Crippen molar-refractivity contribution in [1.82, 2.24) is 5.32 Å². The molecule has 1 aliphatic rings. The highest BCUT2D eigenvalue weighted by molar-refractivity contribution is 5.79. The number of ether oxygens (including phenoxy) is 1. The zero-order valence-corrected chi connectivity index (χ0v) is 8.62. The van der Waals surface area contributed by atoms with Crippen molar-refractivity contribution in [2.24, 2.45) is 5.92 Å². The normalized spacial score (nSPS) is 28.1. The molecule has 3 unspecified atom stereocenters. The van der Waals surface area contributed by atoms with Crippen molar-refractivity contribution in [2.45, 2.75) is 38.8 Å². The average Bonchev–Trinajstić information content (AvgIpc) is 2.51. The quantitative estimate of drug-likeness (QED) is 0.727. The largest absolute Gasteiger partial charge is 0.378 e. The van der Waals surface area contributed by atoms with Crippen LogP contribution in [-0.4, -0.2) is 24.7 Å². The van der Waals surface area contributed by atoms with Gasteiger partial charge in [-0.05, 0) is 20.3 Å². The van der Waals surface area contributed by atoms with Crippen molar-refractivity contribution in [2.75, 3.05) is 6.61 Å². The summed E-state index contributed by atoms with van der Waals surface area (Å²) < 4.78 is 5.30. The zero-order valence-electron chi connectivity index (χ0n) is 8.62. The molecule has 0 radical (unpaired) electrons. The van der Waals surface area contributed by atoms with Crippen LogP contribution in [0.3, 0.4) is 0 Å². The minimum atomic E-state index is -0.0692. The van der Waals surface area contributed by atoms with Gasteiger partial charge in [0.2, 0.25) is 5.91 Å². The summed E-state index contributed by atoms with van der Waals surface area (Å²) in [5.41, 5.74) is 0. The van der Waals surface area contributed by atoms with Crippen LogP contribution in [0.15, 0.2) is 0 Å². The lowest BCUT2D eigenvalue weighted by Crippen LogP contribution is -2.39. The van der Waals surface area contributed by atoms with Crippen molar-refractivity contribution in [3.8, 4) is 6.07 Å². The molecule has 0 saturated carbocycles. The van der Waals surface area contributed by atoms with E-state index in [9.17, 15) is 4.79 Å². The number of nitriles is 1. The molecule has 78 valence electrons. The molecule has 4 heteroatoms. The maximum absolute atomic E-state index is 11.6. The van der Waals surface area contributed by atoms with E-state index >= 15 is 0 Å². The highest BCUT2D eigenvalue weighted by Gasteiger charge is 2.31. The highest BCUT2D eigenvalue weighted by Crippen LogP contribution is 2.20. The molecule has 3 atom stereocenters. The zero-order chi connectivity index (χ0) is 10.6. The molecular weight excluding hydrogens is 180 g/mol. The summed E-state index contributed by atoms with van der Waals surface area (Å²) in [4.78, 5) is 11.6. The third-order valence-electron chi connectivity index (χ3n) is 2.50. The third-order valence-corrected chi connectivity index (χ3v) is 2.50. The topological polar surface area (TPSA) is 62.1 Å². The minimum Gasteiger partial charge on any atom is -0.378 e. The summed E-state index contributed by atoms with van der Waals surface area (Å²) in [5, 5.41) is 11.3. The predicted molar refractivity (Wildman–Crippen MR) is 51.4 cm³/mol. The van der Waals surface area contributed by atoms with E-state index in [0.717, 1.165) is 6.42 Å². The Balaban J connectivity index is 2.38. The molecule has 1 rings (SSSR count). The minimum absolute atomic E-state index is 0.00397. The number of nitrogens with zero attached hydrogens (tertiary/aromatic N) is 1. The van der Waals surface area contributed by atoms with Gasteiger partial charge >= 0.3 is 0 Å². The maximum atomic E-state index is 11.6. The van der Waals surface area contributed by atoms with E-state index in [1.54, 1.807) is 0 Å². The van der Waals surface area contributed by atoms with Gasteiger partial charge < -0.3 is 10.1 Å². The Morgan fingerprint density at radius 2 is 2.50 bits per heavy atom. The van der Waals surface area contributed by atoms with E-state index in [0.29, 0.717) is 13.0 Å². The number of carbonyl (C=O) groups excluding carboxylic acids is 1. The first-order valence-corrected chi connectivity index (χ1v) is 4.94. The van der Waals surface area contributed by atoms with Crippen LogP contribution in [0.1, 0.15) is 26.7 Å². The van der Waals surface area contributed by atoms with Gasteiger partial charge in [-0.25, -0.2) is 0 Å². The lowest BCUT2D eigenvalue weighted by molar-refractivity contribution is -0.126. The second-order valence-electron chi connectivity index (χ2n) is 3.74.